The zero-order chi connectivity index (χ0) is 21.1. The normalized spacial score (nSPS) is 26.4. The zero-order valence-corrected chi connectivity index (χ0v) is 19.8. The fraction of sp³-hybridized carbons (Fsp3) is 0.783. The molecule has 1 aliphatic heterocycles. The Morgan fingerprint density at radius 1 is 0.800 bits per heavy atom. The highest BCUT2D eigenvalue weighted by Crippen LogP contribution is 2.24. The van der Waals surface area contributed by atoms with E-state index in [4.69, 9.17) is 4.74 Å². The van der Waals surface area contributed by atoms with Crippen LogP contribution in [-0.4, -0.2) is 51.4 Å². The van der Waals surface area contributed by atoms with Gasteiger partial charge >= 0.3 is 0 Å². The number of rotatable bonds is 13. The first-order valence-electron chi connectivity index (χ1n) is 11.4. The third-order valence-electron chi connectivity index (χ3n) is 5.90. The molecule has 0 aliphatic carbocycles. The third kappa shape index (κ3) is 8.52. The largest absolute Gasteiger partial charge is 1.00 e. The molecule has 1 aromatic heterocycles. The van der Waals surface area contributed by atoms with E-state index >= 15 is 0 Å². The maximum Gasteiger partial charge on any atom is 0.292 e. The molecule has 174 valence electrons. The standard InChI is InChI=1S/C23H40NO5.BrH/c1-2-3-4-5-6-7-8-9-10-11-12-18-13-15-24(16-14-18)23-22(28)21(27)20(26)19(17-25)29-23;/h13-16,19-23,25-28H,2-12,17H2,1H3;1H/q+1;/p-1. The molecule has 4 N–H and O–H groups in total. The minimum atomic E-state index is -1.36. The molecule has 1 saturated heterocycles. The van der Waals surface area contributed by atoms with Gasteiger partial charge in [-0.2, -0.15) is 4.57 Å². The van der Waals surface area contributed by atoms with E-state index in [1.54, 1.807) is 4.57 Å². The van der Waals surface area contributed by atoms with Gasteiger partial charge < -0.3 is 42.1 Å². The van der Waals surface area contributed by atoms with E-state index in [2.05, 4.69) is 6.92 Å². The number of aliphatic hydroxyl groups is 4. The van der Waals surface area contributed by atoms with Crippen molar-refractivity contribution >= 4 is 0 Å². The van der Waals surface area contributed by atoms with Crippen molar-refractivity contribution < 1.29 is 46.7 Å². The maximum atomic E-state index is 10.2. The summed E-state index contributed by atoms with van der Waals surface area (Å²) in [7, 11) is 0. The van der Waals surface area contributed by atoms with Crippen LogP contribution in [0.15, 0.2) is 24.5 Å². The van der Waals surface area contributed by atoms with E-state index in [-0.39, 0.29) is 17.0 Å². The molecule has 30 heavy (non-hydrogen) atoms. The highest BCUT2D eigenvalue weighted by atomic mass is 79.9. The van der Waals surface area contributed by atoms with Gasteiger partial charge in [0, 0.05) is 12.1 Å². The van der Waals surface area contributed by atoms with Crippen LogP contribution in [0.1, 0.15) is 82.9 Å². The summed E-state index contributed by atoms with van der Waals surface area (Å²) in [6.07, 6.45) is 12.2. The average Bonchev–Trinajstić information content (AvgIpc) is 2.74. The van der Waals surface area contributed by atoms with Crippen molar-refractivity contribution in [2.45, 2.75) is 108 Å². The van der Waals surface area contributed by atoms with Gasteiger partial charge in [0.2, 0.25) is 0 Å². The molecule has 1 aromatic rings. The van der Waals surface area contributed by atoms with Crippen molar-refractivity contribution in [2.75, 3.05) is 6.61 Å². The number of pyridine rings is 1. The smallest absolute Gasteiger partial charge is 0.292 e. The lowest BCUT2D eigenvalue weighted by Gasteiger charge is -2.36. The lowest BCUT2D eigenvalue weighted by molar-refractivity contribution is -0.778. The first-order chi connectivity index (χ1) is 14.1. The van der Waals surface area contributed by atoms with Crippen LogP contribution in [0.25, 0.3) is 0 Å². The van der Waals surface area contributed by atoms with Crippen molar-refractivity contribution in [1.29, 1.82) is 0 Å². The van der Waals surface area contributed by atoms with Crippen LogP contribution in [0.4, 0.5) is 0 Å². The Labute approximate surface area is 191 Å². The molecule has 1 aliphatic rings. The monoisotopic (exact) mass is 489 g/mol. The Balaban J connectivity index is 0.00000450. The molecule has 6 nitrogen and oxygen atoms in total. The van der Waals surface area contributed by atoms with Crippen LogP contribution < -0.4 is 21.5 Å². The lowest BCUT2D eigenvalue weighted by atomic mass is 9.98. The Morgan fingerprint density at radius 3 is 1.87 bits per heavy atom. The van der Waals surface area contributed by atoms with Crippen LogP contribution >= 0.6 is 0 Å². The van der Waals surface area contributed by atoms with Gasteiger partial charge in [0.1, 0.15) is 18.3 Å². The minimum Gasteiger partial charge on any atom is -1.00 e. The second-order valence-corrected chi connectivity index (χ2v) is 8.31. The van der Waals surface area contributed by atoms with Crippen molar-refractivity contribution in [3.63, 3.8) is 0 Å². The summed E-state index contributed by atoms with van der Waals surface area (Å²) >= 11 is 0. The van der Waals surface area contributed by atoms with Crippen molar-refractivity contribution in [1.82, 2.24) is 0 Å². The summed E-state index contributed by atoms with van der Waals surface area (Å²) in [6.45, 7) is 1.83. The lowest BCUT2D eigenvalue weighted by Crippen LogP contribution is -3.00. The summed E-state index contributed by atoms with van der Waals surface area (Å²) in [5.41, 5.74) is 1.23. The Morgan fingerprint density at radius 2 is 1.33 bits per heavy atom. The molecule has 0 bridgehead atoms. The number of halogens is 1. The quantitative estimate of drug-likeness (QED) is 0.219. The fourth-order valence-electron chi connectivity index (χ4n) is 3.95. The summed E-state index contributed by atoms with van der Waals surface area (Å²) in [5.74, 6) is 0. The zero-order valence-electron chi connectivity index (χ0n) is 18.2. The second kappa shape index (κ2) is 15.3. The van der Waals surface area contributed by atoms with Crippen molar-refractivity contribution in [3.05, 3.63) is 30.1 Å². The van der Waals surface area contributed by atoms with Crippen LogP contribution in [0.3, 0.4) is 0 Å². The van der Waals surface area contributed by atoms with E-state index < -0.39 is 37.3 Å². The molecule has 0 amide bonds. The minimum absolute atomic E-state index is 0. The number of ether oxygens (including phenoxy) is 1. The number of hydrogen-bond acceptors (Lipinski definition) is 5. The van der Waals surface area contributed by atoms with Gasteiger partial charge in [-0.1, -0.05) is 64.7 Å². The number of aliphatic hydroxyl groups excluding tert-OH is 4. The average molecular weight is 490 g/mol. The van der Waals surface area contributed by atoms with Gasteiger partial charge in [-0.05, 0) is 18.4 Å². The van der Waals surface area contributed by atoms with Gasteiger partial charge in [-0.15, -0.1) is 0 Å². The van der Waals surface area contributed by atoms with E-state index in [1.165, 1.54) is 69.8 Å². The highest BCUT2D eigenvalue weighted by molar-refractivity contribution is 5.07. The van der Waals surface area contributed by atoms with Gasteiger partial charge in [0.05, 0.1) is 6.61 Å². The molecule has 0 radical (unpaired) electrons. The number of aryl methyl sites for hydroxylation is 1. The predicted octanol–water partition coefficient (Wildman–Crippen LogP) is -0.586. The van der Waals surface area contributed by atoms with Crippen LogP contribution in [0.2, 0.25) is 0 Å². The molecule has 2 rings (SSSR count). The molecular weight excluding hydrogens is 450 g/mol. The third-order valence-corrected chi connectivity index (χ3v) is 5.90. The van der Waals surface area contributed by atoms with Crippen LogP contribution in [0.5, 0.6) is 0 Å². The first-order valence-corrected chi connectivity index (χ1v) is 11.4. The summed E-state index contributed by atoms with van der Waals surface area (Å²) in [6, 6.07) is 3.99. The van der Waals surface area contributed by atoms with Crippen LogP contribution in [-0.2, 0) is 11.2 Å². The van der Waals surface area contributed by atoms with E-state index in [0.29, 0.717) is 0 Å². The SMILES string of the molecule is CCCCCCCCCCCCc1cc[n+](C2OC(CO)C(O)C(O)C2O)cc1.[Br-]. The maximum absolute atomic E-state index is 10.2. The number of hydrogen-bond donors (Lipinski definition) is 4. The molecule has 5 unspecified atom stereocenters. The molecule has 0 spiro atoms. The molecule has 5 atom stereocenters. The first kappa shape index (κ1) is 27.5. The van der Waals surface area contributed by atoms with E-state index in [0.717, 1.165) is 6.42 Å². The van der Waals surface area contributed by atoms with Gasteiger partial charge in [0.15, 0.2) is 18.5 Å². The fourth-order valence-corrected chi connectivity index (χ4v) is 3.95. The molecule has 7 heteroatoms. The second-order valence-electron chi connectivity index (χ2n) is 8.31. The Bertz CT molecular complexity index is 557. The van der Waals surface area contributed by atoms with E-state index in [9.17, 15) is 20.4 Å². The molecule has 0 aromatic carbocycles. The van der Waals surface area contributed by atoms with E-state index in [1.807, 2.05) is 24.5 Å². The summed E-state index contributed by atoms with van der Waals surface area (Å²) < 4.78 is 7.25. The number of nitrogens with zero attached hydrogens (tertiary/aromatic N) is 1. The van der Waals surface area contributed by atoms with Gasteiger partial charge in [-0.3, -0.25) is 0 Å². The predicted molar refractivity (Wildman–Crippen MR) is 111 cm³/mol. The topological polar surface area (TPSA) is 94.0 Å². The highest BCUT2D eigenvalue weighted by Gasteiger charge is 2.47. The molecule has 2 heterocycles. The summed E-state index contributed by atoms with van der Waals surface area (Å²) in [5, 5.41) is 39.3. The van der Waals surface area contributed by atoms with Gasteiger partial charge in [0.25, 0.3) is 6.23 Å². The number of aromatic nitrogens is 1. The van der Waals surface area contributed by atoms with Gasteiger partial charge in [-0.25, -0.2) is 0 Å². The summed E-state index contributed by atoms with van der Waals surface area (Å²) in [4.78, 5) is 0. The molecular formula is C23H40BrNO5. The molecule has 0 saturated carbocycles. The molecule has 1 fully saturated rings. The van der Waals surface area contributed by atoms with Crippen molar-refractivity contribution in [3.8, 4) is 0 Å². The van der Waals surface area contributed by atoms with Crippen LogP contribution in [0, 0.1) is 0 Å². The van der Waals surface area contributed by atoms with Crippen molar-refractivity contribution in [2.24, 2.45) is 0 Å². The Kier molecular flexibility index (Phi) is 14.0. The number of unbranched alkanes of at least 4 members (excludes halogenated alkanes) is 9. The Hall–Kier alpha value is -0.570.